The van der Waals surface area contributed by atoms with Crippen LogP contribution in [-0.4, -0.2) is 17.6 Å². The fourth-order valence-corrected chi connectivity index (χ4v) is 3.66. The summed E-state index contributed by atoms with van der Waals surface area (Å²) >= 11 is 7.21. The fourth-order valence-electron chi connectivity index (χ4n) is 2.62. The van der Waals surface area contributed by atoms with Crippen molar-refractivity contribution >= 4 is 34.6 Å². The minimum Gasteiger partial charge on any atom is -0.386 e. The summed E-state index contributed by atoms with van der Waals surface area (Å²) in [6, 6.07) is 9.85. The average Bonchev–Trinajstić information content (AvgIpc) is 3.13. The SMILES string of the molecule is NC(=NCC(O)c1ccc(Cl)s1)Nc1ccc2c(c1)CCC2. The number of thiophene rings is 1. The third kappa shape index (κ3) is 3.61. The van der Waals surface area contributed by atoms with Crippen molar-refractivity contribution in [1.29, 1.82) is 0 Å². The molecular weight excluding hydrogens is 318 g/mol. The molecule has 116 valence electrons. The van der Waals surface area contributed by atoms with E-state index in [4.69, 9.17) is 17.3 Å². The van der Waals surface area contributed by atoms with Crippen LogP contribution in [0.25, 0.3) is 0 Å². The van der Waals surface area contributed by atoms with E-state index in [0.717, 1.165) is 23.4 Å². The number of nitrogens with zero attached hydrogens (tertiary/aromatic N) is 1. The predicted molar refractivity (Wildman–Crippen MR) is 92.9 cm³/mol. The Morgan fingerprint density at radius 2 is 2.14 bits per heavy atom. The van der Waals surface area contributed by atoms with E-state index in [1.165, 1.54) is 28.9 Å². The molecule has 0 saturated heterocycles. The number of aryl methyl sites for hydroxylation is 2. The van der Waals surface area contributed by atoms with E-state index in [1.54, 1.807) is 12.1 Å². The Morgan fingerprint density at radius 3 is 2.91 bits per heavy atom. The van der Waals surface area contributed by atoms with Gasteiger partial charge in [-0.3, -0.25) is 4.99 Å². The Bertz CT molecular complexity index is 698. The second kappa shape index (κ2) is 6.69. The lowest BCUT2D eigenvalue weighted by atomic mass is 10.1. The van der Waals surface area contributed by atoms with Gasteiger partial charge in [-0.05, 0) is 54.7 Å². The molecule has 0 amide bonds. The maximum atomic E-state index is 10.0. The van der Waals surface area contributed by atoms with Crippen LogP contribution < -0.4 is 11.1 Å². The topological polar surface area (TPSA) is 70.6 Å². The average molecular weight is 336 g/mol. The Kier molecular flexibility index (Phi) is 4.66. The van der Waals surface area contributed by atoms with Gasteiger partial charge in [-0.15, -0.1) is 11.3 Å². The molecule has 1 aliphatic carbocycles. The smallest absolute Gasteiger partial charge is 0.193 e. The first-order valence-corrected chi connectivity index (χ1v) is 8.43. The first-order chi connectivity index (χ1) is 10.6. The summed E-state index contributed by atoms with van der Waals surface area (Å²) in [6.45, 7) is 0.209. The first-order valence-electron chi connectivity index (χ1n) is 7.24. The number of nitrogens with two attached hydrogens (primary N) is 1. The highest BCUT2D eigenvalue weighted by Crippen LogP contribution is 2.27. The van der Waals surface area contributed by atoms with E-state index < -0.39 is 6.10 Å². The van der Waals surface area contributed by atoms with Crippen LogP contribution in [0.2, 0.25) is 4.34 Å². The minimum atomic E-state index is -0.683. The summed E-state index contributed by atoms with van der Waals surface area (Å²) in [6.07, 6.45) is 2.82. The van der Waals surface area contributed by atoms with Gasteiger partial charge in [-0.1, -0.05) is 17.7 Å². The molecule has 22 heavy (non-hydrogen) atoms. The largest absolute Gasteiger partial charge is 0.386 e. The van der Waals surface area contributed by atoms with Crippen molar-refractivity contribution < 1.29 is 5.11 Å². The number of hydrogen-bond acceptors (Lipinski definition) is 3. The fraction of sp³-hybridized carbons (Fsp3) is 0.312. The summed E-state index contributed by atoms with van der Waals surface area (Å²) in [5, 5.41) is 13.1. The lowest BCUT2D eigenvalue weighted by Gasteiger charge is -2.09. The Labute approximate surface area is 138 Å². The van der Waals surface area contributed by atoms with Crippen LogP contribution in [0.5, 0.6) is 0 Å². The number of anilines is 1. The minimum absolute atomic E-state index is 0.209. The third-order valence-electron chi connectivity index (χ3n) is 3.73. The Hall–Kier alpha value is -1.56. The molecule has 2 aromatic rings. The van der Waals surface area contributed by atoms with E-state index in [1.807, 2.05) is 6.07 Å². The molecule has 6 heteroatoms. The molecule has 1 aromatic heterocycles. The molecular formula is C16H18ClN3OS. The Morgan fingerprint density at radius 1 is 1.32 bits per heavy atom. The molecule has 1 unspecified atom stereocenters. The van der Waals surface area contributed by atoms with Gasteiger partial charge in [0.05, 0.1) is 10.9 Å². The van der Waals surface area contributed by atoms with Crippen LogP contribution in [0.3, 0.4) is 0 Å². The summed E-state index contributed by atoms with van der Waals surface area (Å²) < 4.78 is 0.655. The zero-order valence-electron chi connectivity index (χ0n) is 12.1. The molecule has 1 heterocycles. The number of fused-ring (bicyclic) bond motifs is 1. The number of aliphatic hydroxyl groups is 1. The molecule has 1 aromatic carbocycles. The van der Waals surface area contributed by atoms with E-state index in [9.17, 15) is 5.11 Å². The van der Waals surface area contributed by atoms with Gasteiger partial charge in [0.25, 0.3) is 0 Å². The van der Waals surface area contributed by atoms with Gasteiger partial charge in [0.1, 0.15) is 6.10 Å². The van der Waals surface area contributed by atoms with Crippen molar-refractivity contribution in [1.82, 2.24) is 0 Å². The molecule has 0 aliphatic heterocycles. The number of hydrogen-bond donors (Lipinski definition) is 3. The van der Waals surface area contributed by atoms with Gasteiger partial charge >= 0.3 is 0 Å². The molecule has 4 N–H and O–H groups in total. The third-order valence-corrected chi connectivity index (χ3v) is 5.06. The van der Waals surface area contributed by atoms with Crippen LogP contribution in [0.4, 0.5) is 5.69 Å². The highest BCUT2D eigenvalue weighted by molar-refractivity contribution is 7.16. The van der Waals surface area contributed by atoms with Crippen LogP contribution in [0.15, 0.2) is 35.3 Å². The van der Waals surface area contributed by atoms with Crippen LogP contribution in [0, 0.1) is 0 Å². The molecule has 0 spiro atoms. The van der Waals surface area contributed by atoms with Crippen LogP contribution >= 0.6 is 22.9 Å². The van der Waals surface area contributed by atoms with Gasteiger partial charge < -0.3 is 16.2 Å². The van der Waals surface area contributed by atoms with Gasteiger partial charge in [0.2, 0.25) is 0 Å². The van der Waals surface area contributed by atoms with E-state index in [2.05, 4.69) is 22.4 Å². The number of rotatable bonds is 4. The van der Waals surface area contributed by atoms with Gasteiger partial charge in [-0.2, -0.15) is 0 Å². The quantitative estimate of drug-likeness (QED) is 0.592. The van der Waals surface area contributed by atoms with Crippen molar-refractivity contribution in [2.45, 2.75) is 25.4 Å². The first kappa shape index (κ1) is 15.3. The van der Waals surface area contributed by atoms with Crippen LogP contribution in [0.1, 0.15) is 28.5 Å². The zero-order valence-corrected chi connectivity index (χ0v) is 13.6. The monoisotopic (exact) mass is 335 g/mol. The summed E-state index contributed by atoms with van der Waals surface area (Å²) in [7, 11) is 0. The number of aliphatic imine (C=N–C) groups is 1. The molecule has 4 nitrogen and oxygen atoms in total. The highest BCUT2D eigenvalue weighted by atomic mass is 35.5. The molecule has 0 radical (unpaired) electrons. The standard InChI is InChI=1S/C16H18ClN3OS/c17-15-7-6-14(22-15)13(21)9-19-16(18)20-12-5-4-10-2-1-3-11(10)8-12/h4-8,13,21H,1-3,9H2,(H3,18,19,20). The normalized spacial score (nSPS) is 15.6. The molecule has 1 atom stereocenters. The maximum absolute atomic E-state index is 10.0. The maximum Gasteiger partial charge on any atom is 0.193 e. The second-order valence-corrected chi connectivity index (χ2v) is 7.09. The molecule has 1 aliphatic rings. The number of aliphatic hydroxyl groups excluding tert-OH is 1. The highest BCUT2D eigenvalue weighted by Gasteiger charge is 2.12. The lowest BCUT2D eigenvalue weighted by Crippen LogP contribution is -2.23. The molecule has 3 rings (SSSR count). The van der Waals surface area contributed by atoms with Crippen molar-refractivity contribution in [2.75, 3.05) is 11.9 Å². The van der Waals surface area contributed by atoms with Crippen molar-refractivity contribution in [3.63, 3.8) is 0 Å². The molecule has 0 bridgehead atoms. The second-order valence-electron chi connectivity index (χ2n) is 5.35. The Balaban J connectivity index is 1.60. The van der Waals surface area contributed by atoms with E-state index >= 15 is 0 Å². The zero-order chi connectivity index (χ0) is 15.5. The van der Waals surface area contributed by atoms with Gasteiger partial charge in [0.15, 0.2) is 5.96 Å². The predicted octanol–water partition coefficient (Wildman–Crippen LogP) is 3.35. The van der Waals surface area contributed by atoms with Crippen LogP contribution in [-0.2, 0) is 12.8 Å². The summed E-state index contributed by atoms with van der Waals surface area (Å²) in [5.74, 6) is 0.305. The van der Waals surface area contributed by atoms with Gasteiger partial charge in [0, 0.05) is 10.6 Å². The van der Waals surface area contributed by atoms with E-state index in [-0.39, 0.29) is 6.54 Å². The number of halogens is 1. The molecule has 0 fully saturated rings. The number of nitrogens with one attached hydrogen (secondary N) is 1. The lowest BCUT2D eigenvalue weighted by molar-refractivity contribution is 0.191. The molecule has 0 saturated carbocycles. The van der Waals surface area contributed by atoms with E-state index in [0.29, 0.717) is 10.3 Å². The number of guanidine groups is 1. The van der Waals surface area contributed by atoms with Crippen molar-refractivity contribution in [2.24, 2.45) is 10.7 Å². The summed E-state index contributed by atoms with van der Waals surface area (Å²) in [5.41, 5.74) is 9.63. The summed E-state index contributed by atoms with van der Waals surface area (Å²) in [4.78, 5) is 4.99. The number of benzene rings is 1. The van der Waals surface area contributed by atoms with Crippen molar-refractivity contribution in [3.8, 4) is 0 Å². The van der Waals surface area contributed by atoms with Gasteiger partial charge in [-0.25, -0.2) is 0 Å². The van der Waals surface area contributed by atoms with Crippen molar-refractivity contribution in [3.05, 3.63) is 50.7 Å².